The van der Waals surface area contributed by atoms with E-state index in [9.17, 15) is 14.0 Å². The van der Waals surface area contributed by atoms with E-state index in [0.717, 1.165) is 0 Å². The predicted molar refractivity (Wildman–Crippen MR) is 66.6 cm³/mol. The Balaban J connectivity index is 2.29. The highest BCUT2D eigenvalue weighted by Gasteiger charge is 2.07. The number of hydrazine groups is 1. The molecule has 0 fully saturated rings. The summed E-state index contributed by atoms with van der Waals surface area (Å²) in [5.74, 6) is -1.19. The molecule has 7 heteroatoms. The molecular weight excluding hydrogens is 259 g/mol. The van der Waals surface area contributed by atoms with Gasteiger partial charge >= 0.3 is 0 Å². The fourth-order valence-corrected chi connectivity index (χ4v) is 1.38. The molecular formula is C11H13FN2O3S. The second kappa shape index (κ2) is 7.54. The molecule has 18 heavy (non-hydrogen) atoms. The van der Waals surface area contributed by atoms with Crippen LogP contribution in [0.3, 0.4) is 0 Å². The van der Waals surface area contributed by atoms with Crippen molar-refractivity contribution >= 4 is 23.6 Å². The Hall–Kier alpha value is -1.76. The van der Waals surface area contributed by atoms with Gasteiger partial charge in [0.2, 0.25) is 5.91 Å². The van der Waals surface area contributed by atoms with Gasteiger partial charge in [0.1, 0.15) is 0 Å². The van der Waals surface area contributed by atoms with Gasteiger partial charge in [-0.3, -0.25) is 20.4 Å². The molecule has 0 aliphatic rings. The van der Waals surface area contributed by atoms with Crippen LogP contribution >= 0.6 is 11.8 Å². The number of carbonyl (C=O) groups is 2. The fraction of sp³-hybridized carbons (Fsp3) is 0.273. The standard InChI is InChI=1S/C11H13FN2O3S/c1-18-7-11(16)14-13-10(15)6-17-9-5-3-2-4-8(9)12/h2-5H,6-7H2,1H3,(H,13,15)(H,14,16). The molecule has 0 saturated carbocycles. The lowest BCUT2D eigenvalue weighted by atomic mass is 10.3. The molecule has 98 valence electrons. The van der Waals surface area contributed by atoms with Crippen molar-refractivity contribution in [1.82, 2.24) is 10.9 Å². The van der Waals surface area contributed by atoms with Gasteiger partial charge < -0.3 is 4.74 Å². The van der Waals surface area contributed by atoms with E-state index < -0.39 is 11.7 Å². The van der Waals surface area contributed by atoms with E-state index in [1.54, 1.807) is 12.3 Å². The minimum atomic E-state index is -0.562. The lowest BCUT2D eigenvalue weighted by Gasteiger charge is -2.08. The summed E-state index contributed by atoms with van der Waals surface area (Å²) in [5, 5.41) is 0. The van der Waals surface area contributed by atoms with E-state index in [1.165, 1.54) is 30.0 Å². The first-order valence-electron chi connectivity index (χ1n) is 5.07. The van der Waals surface area contributed by atoms with Crippen LogP contribution in [0.5, 0.6) is 5.75 Å². The van der Waals surface area contributed by atoms with E-state index in [0.29, 0.717) is 0 Å². The number of thioether (sulfide) groups is 1. The summed E-state index contributed by atoms with van der Waals surface area (Å²) in [7, 11) is 0. The second-order valence-electron chi connectivity index (χ2n) is 3.25. The van der Waals surface area contributed by atoms with Crippen molar-refractivity contribution in [2.75, 3.05) is 18.6 Å². The second-order valence-corrected chi connectivity index (χ2v) is 4.11. The van der Waals surface area contributed by atoms with Gasteiger partial charge in [0.15, 0.2) is 18.2 Å². The van der Waals surface area contributed by atoms with Crippen LogP contribution < -0.4 is 15.6 Å². The van der Waals surface area contributed by atoms with E-state index >= 15 is 0 Å². The zero-order chi connectivity index (χ0) is 13.4. The lowest BCUT2D eigenvalue weighted by Crippen LogP contribution is -2.44. The summed E-state index contributed by atoms with van der Waals surface area (Å²) < 4.78 is 18.1. The Labute approximate surface area is 108 Å². The summed E-state index contributed by atoms with van der Waals surface area (Å²) in [5.41, 5.74) is 4.36. The van der Waals surface area contributed by atoms with E-state index in [2.05, 4.69) is 10.9 Å². The van der Waals surface area contributed by atoms with Crippen molar-refractivity contribution in [3.8, 4) is 5.75 Å². The van der Waals surface area contributed by atoms with E-state index in [1.807, 2.05) is 0 Å². The molecule has 1 aromatic rings. The number of benzene rings is 1. The van der Waals surface area contributed by atoms with Crippen LogP contribution in [0.15, 0.2) is 24.3 Å². The highest BCUT2D eigenvalue weighted by atomic mass is 32.2. The topological polar surface area (TPSA) is 67.4 Å². The van der Waals surface area contributed by atoms with Crippen LogP contribution in [0.4, 0.5) is 4.39 Å². The molecule has 0 atom stereocenters. The molecule has 0 saturated heterocycles. The molecule has 0 bridgehead atoms. The number of carbonyl (C=O) groups excluding carboxylic acids is 2. The first-order chi connectivity index (χ1) is 8.63. The average Bonchev–Trinajstić information content (AvgIpc) is 2.36. The monoisotopic (exact) mass is 272 g/mol. The largest absolute Gasteiger partial charge is 0.481 e. The molecule has 0 aliphatic carbocycles. The Bertz CT molecular complexity index is 429. The van der Waals surface area contributed by atoms with Crippen LogP contribution in [0, 0.1) is 5.82 Å². The number of hydrogen-bond donors (Lipinski definition) is 2. The van der Waals surface area contributed by atoms with Gasteiger partial charge in [0.25, 0.3) is 5.91 Å². The summed E-state index contributed by atoms with van der Waals surface area (Å²) >= 11 is 1.33. The molecule has 2 N–H and O–H groups in total. The average molecular weight is 272 g/mol. The van der Waals surface area contributed by atoms with Gasteiger partial charge in [-0.05, 0) is 18.4 Å². The summed E-state index contributed by atoms with van der Waals surface area (Å²) in [4.78, 5) is 22.3. The van der Waals surface area contributed by atoms with Crippen LogP contribution in [0.1, 0.15) is 0 Å². The normalized spacial score (nSPS) is 9.67. The Kier molecular flexibility index (Phi) is 5.99. The number of hydrogen-bond acceptors (Lipinski definition) is 4. The molecule has 0 aliphatic heterocycles. The van der Waals surface area contributed by atoms with Gasteiger partial charge in [-0.1, -0.05) is 12.1 Å². The SMILES string of the molecule is CSCC(=O)NNC(=O)COc1ccccc1F. The molecule has 2 amide bonds. The smallest absolute Gasteiger partial charge is 0.276 e. The molecule has 5 nitrogen and oxygen atoms in total. The van der Waals surface area contributed by atoms with Gasteiger partial charge in [-0.2, -0.15) is 11.8 Å². The maximum Gasteiger partial charge on any atom is 0.276 e. The van der Waals surface area contributed by atoms with Crippen molar-refractivity contribution in [3.05, 3.63) is 30.1 Å². The van der Waals surface area contributed by atoms with Gasteiger partial charge in [-0.15, -0.1) is 0 Å². The predicted octanol–water partition coefficient (Wildman–Crippen LogP) is 0.715. The van der Waals surface area contributed by atoms with Crippen LogP contribution in [-0.4, -0.2) is 30.4 Å². The molecule has 0 radical (unpaired) electrons. The third kappa shape index (κ3) is 5.05. The molecule has 0 unspecified atom stereocenters. The van der Waals surface area contributed by atoms with Crippen molar-refractivity contribution in [2.45, 2.75) is 0 Å². The van der Waals surface area contributed by atoms with Crippen molar-refractivity contribution in [3.63, 3.8) is 0 Å². The van der Waals surface area contributed by atoms with Gasteiger partial charge in [0, 0.05) is 0 Å². The summed E-state index contributed by atoms with van der Waals surface area (Å²) in [6.07, 6.45) is 1.77. The number of amides is 2. The zero-order valence-corrected chi connectivity index (χ0v) is 10.6. The molecule has 1 rings (SSSR count). The van der Waals surface area contributed by atoms with Gasteiger partial charge in [-0.25, -0.2) is 4.39 Å². The highest BCUT2D eigenvalue weighted by molar-refractivity contribution is 7.99. The van der Waals surface area contributed by atoms with Crippen LogP contribution in [0.2, 0.25) is 0 Å². The molecule has 0 aromatic heterocycles. The summed E-state index contributed by atoms with van der Waals surface area (Å²) in [6.45, 7) is -0.375. The summed E-state index contributed by atoms with van der Waals surface area (Å²) in [6, 6.07) is 5.75. The highest BCUT2D eigenvalue weighted by Crippen LogP contribution is 2.14. The quantitative estimate of drug-likeness (QED) is 0.775. The minimum Gasteiger partial charge on any atom is -0.481 e. The third-order valence-corrected chi connectivity index (χ3v) is 2.36. The van der Waals surface area contributed by atoms with Crippen molar-refractivity contribution < 1.29 is 18.7 Å². The van der Waals surface area contributed by atoms with Gasteiger partial charge in [0.05, 0.1) is 5.75 Å². The Morgan fingerprint density at radius 2 is 1.94 bits per heavy atom. The van der Waals surface area contributed by atoms with Crippen molar-refractivity contribution in [2.24, 2.45) is 0 Å². The molecule has 1 aromatic carbocycles. The van der Waals surface area contributed by atoms with E-state index in [-0.39, 0.29) is 24.0 Å². The number of ether oxygens (including phenoxy) is 1. The molecule has 0 heterocycles. The Morgan fingerprint density at radius 3 is 2.61 bits per heavy atom. The van der Waals surface area contributed by atoms with Crippen molar-refractivity contribution in [1.29, 1.82) is 0 Å². The fourth-order valence-electron chi connectivity index (χ4n) is 1.05. The third-order valence-electron chi connectivity index (χ3n) is 1.81. The molecule has 0 spiro atoms. The lowest BCUT2D eigenvalue weighted by molar-refractivity contribution is -0.128. The number of rotatable bonds is 5. The van der Waals surface area contributed by atoms with E-state index in [4.69, 9.17) is 4.74 Å². The first-order valence-corrected chi connectivity index (χ1v) is 6.47. The maximum atomic E-state index is 13.1. The van der Waals surface area contributed by atoms with Crippen LogP contribution in [-0.2, 0) is 9.59 Å². The minimum absolute atomic E-state index is 0.0110. The number of halogens is 1. The first kappa shape index (κ1) is 14.3. The maximum absolute atomic E-state index is 13.1. The Morgan fingerprint density at radius 1 is 1.28 bits per heavy atom. The number of para-hydroxylation sites is 1. The zero-order valence-electron chi connectivity index (χ0n) is 9.73. The number of nitrogens with one attached hydrogen (secondary N) is 2. The van der Waals surface area contributed by atoms with Crippen LogP contribution in [0.25, 0.3) is 0 Å².